The number of halogens is 3. The van der Waals surface area contributed by atoms with Crippen molar-refractivity contribution in [2.75, 3.05) is 27.2 Å². The van der Waals surface area contributed by atoms with E-state index in [2.05, 4.69) is 20.4 Å². The number of nitrogens with one attached hydrogen (secondary N) is 2. The van der Waals surface area contributed by atoms with E-state index in [0.29, 0.717) is 37.8 Å². The smallest absolute Gasteiger partial charge is 0.387 e. The topological polar surface area (TPSA) is 75.2 Å². The third-order valence-electron chi connectivity index (χ3n) is 4.36. The summed E-state index contributed by atoms with van der Waals surface area (Å²) < 4.78 is 35.0. The monoisotopic (exact) mass is 576 g/mol. The Hall–Kier alpha value is -2.63. The van der Waals surface area contributed by atoms with Gasteiger partial charge < -0.3 is 25.0 Å². The van der Waals surface area contributed by atoms with Crippen molar-refractivity contribution >= 4 is 35.8 Å². The minimum Gasteiger partial charge on any atom is -0.490 e. The average Bonchev–Trinajstić information content (AvgIpc) is 2.77. The van der Waals surface area contributed by atoms with E-state index in [1.165, 1.54) is 11.0 Å². The van der Waals surface area contributed by atoms with Gasteiger partial charge in [0.1, 0.15) is 0 Å². The minimum atomic E-state index is -2.92. The lowest BCUT2D eigenvalue weighted by molar-refractivity contribution is -0.0514. The van der Waals surface area contributed by atoms with Gasteiger partial charge in [-0.2, -0.15) is 8.78 Å². The lowest BCUT2D eigenvalue weighted by Crippen LogP contribution is -2.36. The third-order valence-corrected chi connectivity index (χ3v) is 4.36. The zero-order valence-electron chi connectivity index (χ0n) is 19.2. The van der Waals surface area contributed by atoms with Crippen molar-refractivity contribution in [2.45, 2.75) is 33.5 Å². The van der Waals surface area contributed by atoms with Crippen LogP contribution in [0.25, 0.3) is 0 Å². The molecule has 33 heavy (non-hydrogen) atoms. The fourth-order valence-corrected chi connectivity index (χ4v) is 2.83. The number of alkyl halides is 2. The van der Waals surface area contributed by atoms with Crippen LogP contribution in [0.5, 0.6) is 11.5 Å². The van der Waals surface area contributed by atoms with Crippen LogP contribution in [0.4, 0.5) is 8.78 Å². The van der Waals surface area contributed by atoms with E-state index in [-0.39, 0.29) is 41.4 Å². The maximum absolute atomic E-state index is 12.6. The van der Waals surface area contributed by atoms with Crippen molar-refractivity contribution in [3.8, 4) is 11.5 Å². The van der Waals surface area contributed by atoms with Gasteiger partial charge >= 0.3 is 6.61 Å². The number of amides is 1. The van der Waals surface area contributed by atoms with Crippen molar-refractivity contribution in [3.63, 3.8) is 0 Å². The lowest BCUT2D eigenvalue weighted by atomic mass is 10.1. The van der Waals surface area contributed by atoms with Crippen molar-refractivity contribution in [1.82, 2.24) is 15.5 Å². The Balaban J connectivity index is 0.00000544. The first-order chi connectivity index (χ1) is 15.3. The van der Waals surface area contributed by atoms with Crippen LogP contribution in [0.2, 0.25) is 0 Å². The number of hydrogen-bond donors (Lipinski definition) is 2. The number of hydrogen-bond acceptors (Lipinski definition) is 4. The van der Waals surface area contributed by atoms with E-state index in [1.54, 1.807) is 45.3 Å². The summed E-state index contributed by atoms with van der Waals surface area (Å²) in [5.41, 5.74) is 2.42. The molecule has 0 saturated carbocycles. The summed E-state index contributed by atoms with van der Waals surface area (Å²) in [5.74, 6) is 0.809. The third kappa shape index (κ3) is 9.40. The second-order valence-corrected chi connectivity index (χ2v) is 7.04. The molecule has 2 rings (SSSR count). The number of aliphatic imine (C=N–C) groups is 1. The highest BCUT2D eigenvalue weighted by Crippen LogP contribution is 2.30. The second kappa shape index (κ2) is 14.5. The second-order valence-electron chi connectivity index (χ2n) is 7.04. The fourth-order valence-electron chi connectivity index (χ4n) is 2.83. The van der Waals surface area contributed by atoms with Crippen LogP contribution in [-0.2, 0) is 13.1 Å². The van der Waals surface area contributed by atoms with Gasteiger partial charge in [-0.05, 0) is 49.2 Å². The Bertz CT molecular complexity index is 909. The van der Waals surface area contributed by atoms with Crippen LogP contribution >= 0.6 is 24.0 Å². The Morgan fingerprint density at radius 1 is 1.03 bits per heavy atom. The Morgan fingerprint density at radius 2 is 1.70 bits per heavy atom. The number of rotatable bonds is 10. The first-order valence-electron chi connectivity index (χ1n) is 10.4. The highest BCUT2D eigenvalue weighted by Gasteiger charge is 2.12. The van der Waals surface area contributed by atoms with Gasteiger partial charge in [0.15, 0.2) is 17.5 Å². The van der Waals surface area contributed by atoms with Gasteiger partial charge in [-0.15, -0.1) is 24.0 Å². The quantitative estimate of drug-likeness (QED) is 0.251. The van der Waals surface area contributed by atoms with Gasteiger partial charge in [-0.3, -0.25) is 4.79 Å². The van der Waals surface area contributed by atoms with Crippen LogP contribution in [-0.4, -0.2) is 50.6 Å². The summed E-state index contributed by atoms with van der Waals surface area (Å²) >= 11 is 0. The van der Waals surface area contributed by atoms with E-state index in [0.717, 1.165) is 11.1 Å². The molecule has 7 nitrogen and oxygen atoms in total. The molecule has 0 unspecified atom stereocenters. The zero-order chi connectivity index (χ0) is 23.5. The molecule has 2 aromatic carbocycles. The molecule has 0 spiro atoms. The van der Waals surface area contributed by atoms with Crippen LogP contribution in [0.15, 0.2) is 47.5 Å². The van der Waals surface area contributed by atoms with Gasteiger partial charge in [0, 0.05) is 32.7 Å². The molecule has 2 aromatic rings. The molecule has 0 aliphatic carbocycles. The molecule has 1 amide bonds. The van der Waals surface area contributed by atoms with E-state index in [9.17, 15) is 13.6 Å². The Labute approximate surface area is 210 Å². The summed E-state index contributed by atoms with van der Waals surface area (Å²) in [6.45, 7) is 2.66. The summed E-state index contributed by atoms with van der Waals surface area (Å²) in [4.78, 5) is 18.1. The molecule has 0 aliphatic heterocycles. The molecule has 0 saturated heterocycles. The normalized spacial score (nSPS) is 10.9. The standard InChI is InChI=1S/C23H30F2N4O3.HI/c1-5-26-23(27-14-16-7-10-18(11-8-16)21(30)29(3)4)28-15-17-9-12-19(32-22(24)25)20(13-17)31-6-2;/h7-13,22H,5-6,14-15H2,1-4H3,(H2,26,27,28);1H. The largest absolute Gasteiger partial charge is 0.490 e. The van der Waals surface area contributed by atoms with Crippen LogP contribution in [0.3, 0.4) is 0 Å². The molecule has 2 N–H and O–H groups in total. The summed E-state index contributed by atoms with van der Waals surface area (Å²) in [7, 11) is 3.43. The summed E-state index contributed by atoms with van der Waals surface area (Å²) in [5, 5.41) is 6.41. The SMILES string of the molecule is CCNC(=NCc1ccc(OC(F)F)c(OCC)c1)NCc1ccc(C(=O)N(C)C)cc1.I. The number of guanidine groups is 1. The van der Waals surface area contributed by atoms with E-state index in [4.69, 9.17) is 4.74 Å². The molecule has 0 atom stereocenters. The molecule has 0 fully saturated rings. The van der Waals surface area contributed by atoms with Gasteiger partial charge in [0.25, 0.3) is 5.91 Å². The Morgan fingerprint density at radius 3 is 2.27 bits per heavy atom. The number of ether oxygens (including phenoxy) is 2. The van der Waals surface area contributed by atoms with Gasteiger partial charge in [0.05, 0.1) is 13.2 Å². The highest BCUT2D eigenvalue weighted by molar-refractivity contribution is 14.0. The predicted molar refractivity (Wildman–Crippen MR) is 136 cm³/mol. The van der Waals surface area contributed by atoms with Gasteiger partial charge in [0.2, 0.25) is 0 Å². The number of nitrogens with zero attached hydrogens (tertiary/aromatic N) is 2. The van der Waals surface area contributed by atoms with Crippen LogP contribution < -0.4 is 20.1 Å². The van der Waals surface area contributed by atoms with Crippen molar-refractivity contribution in [1.29, 1.82) is 0 Å². The van der Waals surface area contributed by atoms with Gasteiger partial charge in [-0.1, -0.05) is 18.2 Å². The number of benzene rings is 2. The minimum absolute atomic E-state index is 0. The molecule has 0 heterocycles. The van der Waals surface area contributed by atoms with Crippen molar-refractivity contribution in [2.24, 2.45) is 4.99 Å². The first kappa shape index (κ1) is 28.4. The molecule has 10 heteroatoms. The fraction of sp³-hybridized carbons (Fsp3) is 0.391. The predicted octanol–water partition coefficient (Wildman–Crippen LogP) is 4.26. The lowest BCUT2D eigenvalue weighted by Gasteiger charge is -2.14. The summed E-state index contributed by atoms with van der Waals surface area (Å²) in [6, 6.07) is 12.2. The number of carbonyl (C=O) groups is 1. The zero-order valence-corrected chi connectivity index (χ0v) is 21.6. The van der Waals surface area contributed by atoms with E-state index in [1.807, 2.05) is 19.1 Å². The van der Waals surface area contributed by atoms with E-state index < -0.39 is 6.61 Å². The Kier molecular flexibility index (Phi) is 12.5. The van der Waals surface area contributed by atoms with Gasteiger partial charge in [-0.25, -0.2) is 4.99 Å². The molecular weight excluding hydrogens is 545 g/mol. The summed E-state index contributed by atoms with van der Waals surface area (Å²) in [6.07, 6.45) is 0. The van der Waals surface area contributed by atoms with E-state index >= 15 is 0 Å². The first-order valence-corrected chi connectivity index (χ1v) is 10.4. The molecule has 0 bridgehead atoms. The molecule has 182 valence electrons. The molecule has 0 radical (unpaired) electrons. The van der Waals surface area contributed by atoms with Crippen LogP contribution in [0.1, 0.15) is 35.3 Å². The maximum atomic E-state index is 12.6. The molecule has 0 aliphatic rings. The highest BCUT2D eigenvalue weighted by atomic mass is 127. The molecular formula is C23H31F2IN4O3. The average molecular weight is 576 g/mol. The van der Waals surface area contributed by atoms with Crippen molar-refractivity contribution < 1.29 is 23.0 Å². The number of carbonyl (C=O) groups excluding carboxylic acids is 1. The maximum Gasteiger partial charge on any atom is 0.387 e. The van der Waals surface area contributed by atoms with Crippen LogP contribution in [0, 0.1) is 0 Å². The van der Waals surface area contributed by atoms with Crippen molar-refractivity contribution in [3.05, 3.63) is 59.2 Å². The molecule has 0 aromatic heterocycles.